The van der Waals surface area contributed by atoms with Gasteiger partial charge in [0.25, 0.3) is 5.91 Å². The molecule has 0 aromatic heterocycles. The summed E-state index contributed by atoms with van der Waals surface area (Å²) in [6.45, 7) is 0. The first-order chi connectivity index (χ1) is 9.58. The molecule has 1 aliphatic rings. The van der Waals surface area contributed by atoms with Crippen LogP contribution in [0.15, 0.2) is 24.3 Å². The Morgan fingerprint density at radius 2 is 1.95 bits per heavy atom. The summed E-state index contributed by atoms with van der Waals surface area (Å²) in [6.07, 6.45) is 4.91. The monoisotopic (exact) mass is 295 g/mol. The normalized spacial score (nSPS) is 17.4. The van der Waals surface area contributed by atoms with Gasteiger partial charge < -0.3 is 10.4 Å². The second-order valence-electron chi connectivity index (χ2n) is 5.20. The molecule has 1 aromatic rings. The van der Waals surface area contributed by atoms with Crippen molar-refractivity contribution in [3.05, 3.63) is 34.9 Å². The van der Waals surface area contributed by atoms with Crippen LogP contribution in [0.2, 0.25) is 5.02 Å². The maximum Gasteiger partial charge on any atom is 0.326 e. The van der Waals surface area contributed by atoms with Gasteiger partial charge in [-0.25, -0.2) is 4.79 Å². The zero-order valence-electron chi connectivity index (χ0n) is 11.1. The smallest absolute Gasteiger partial charge is 0.326 e. The SMILES string of the molecule is O=C(NC(C(=O)O)C1CCCCC1)c1cccc(Cl)c1. The van der Waals surface area contributed by atoms with Crippen LogP contribution in [0.4, 0.5) is 0 Å². The van der Waals surface area contributed by atoms with E-state index in [-0.39, 0.29) is 11.8 Å². The third-order valence-corrected chi connectivity index (χ3v) is 4.00. The summed E-state index contributed by atoms with van der Waals surface area (Å²) in [6, 6.07) is 5.70. The maximum atomic E-state index is 12.1. The average molecular weight is 296 g/mol. The van der Waals surface area contributed by atoms with Crippen molar-refractivity contribution in [2.45, 2.75) is 38.1 Å². The lowest BCUT2D eigenvalue weighted by molar-refractivity contribution is -0.141. The van der Waals surface area contributed by atoms with Crippen LogP contribution in [0.3, 0.4) is 0 Å². The van der Waals surface area contributed by atoms with Crippen molar-refractivity contribution in [2.24, 2.45) is 5.92 Å². The fourth-order valence-corrected chi connectivity index (χ4v) is 2.89. The van der Waals surface area contributed by atoms with Gasteiger partial charge in [0.2, 0.25) is 0 Å². The van der Waals surface area contributed by atoms with E-state index >= 15 is 0 Å². The molecule has 1 aliphatic carbocycles. The predicted molar refractivity (Wildman–Crippen MR) is 76.9 cm³/mol. The Morgan fingerprint density at radius 1 is 1.25 bits per heavy atom. The van der Waals surface area contributed by atoms with E-state index < -0.39 is 12.0 Å². The Hall–Kier alpha value is -1.55. The minimum atomic E-state index is -0.965. The number of rotatable bonds is 4. The lowest BCUT2D eigenvalue weighted by Gasteiger charge is -2.28. The molecule has 2 rings (SSSR count). The summed E-state index contributed by atoms with van der Waals surface area (Å²) in [4.78, 5) is 23.5. The molecule has 0 heterocycles. The van der Waals surface area contributed by atoms with Crippen LogP contribution in [0.25, 0.3) is 0 Å². The van der Waals surface area contributed by atoms with Gasteiger partial charge in [-0.15, -0.1) is 0 Å². The largest absolute Gasteiger partial charge is 0.480 e. The van der Waals surface area contributed by atoms with Crippen molar-refractivity contribution in [3.63, 3.8) is 0 Å². The quantitative estimate of drug-likeness (QED) is 0.897. The van der Waals surface area contributed by atoms with Crippen molar-refractivity contribution >= 4 is 23.5 Å². The van der Waals surface area contributed by atoms with Gasteiger partial charge in [0.1, 0.15) is 6.04 Å². The molecule has 1 unspecified atom stereocenters. The van der Waals surface area contributed by atoms with E-state index in [4.69, 9.17) is 11.6 Å². The first kappa shape index (κ1) is 14.9. The third-order valence-electron chi connectivity index (χ3n) is 3.76. The molecule has 20 heavy (non-hydrogen) atoms. The zero-order chi connectivity index (χ0) is 14.5. The number of carbonyl (C=O) groups excluding carboxylic acids is 1. The highest BCUT2D eigenvalue weighted by atomic mass is 35.5. The molecule has 0 aliphatic heterocycles. The first-order valence-corrected chi connectivity index (χ1v) is 7.25. The summed E-state index contributed by atoms with van der Waals surface area (Å²) in [7, 11) is 0. The Kier molecular flexibility index (Phi) is 5.01. The molecule has 108 valence electrons. The number of hydrogen-bond acceptors (Lipinski definition) is 2. The number of amides is 1. The van der Waals surface area contributed by atoms with Crippen LogP contribution < -0.4 is 5.32 Å². The summed E-state index contributed by atoms with van der Waals surface area (Å²) >= 11 is 5.84. The van der Waals surface area contributed by atoms with Gasteiger partial charge in [0.15, 0.2) is 0 Å². The number of hydrogen-bond donors (Lipinski definition) is 2. The Balaban J connectivity index is 2.07. The summed E-state index contributed by atoms with van der Waals surface area (Å²) in [5.41, 5.74) is 0.388. The first-order valence-electron chi connectivity index (χ1n) is 6.87. The number of halogens is 1. The molecule has 5 heteroatoms. The van der Waals surface area contributed by atoms with E-state index in [1.807, 2.05) is 0 Å². The number of aliphatic carboxylic acids is 1. The van der Waals surface area contributed by atoms with Gasteiger partial charge in [-0.3, -0.25) is 4.79 Å². The van der Waals surface area contributed by atoms with Crippen LogP contribution in [-0.4, -0.2) is 23.0 Å². The van der Waals surface area contributed by atoms with Gasteiger partial charge >= 0.3 is 5.97 Å². The Labute approximate surface area is 123 Å². The molecular formula is C15H18ClNO3. The highest BCUT2D eigenvalue weighted by Crippen LogP contribution is 2.27. The van der Waals surface area contributed by atoms with Crippen LogP contribution in [0.1, 0.15) is 42.5 Å². The molecule has 1 atom stereocenters. The number of carboxylic acids is 1. The molecule has 1 fully saturated rings. The predicted octanol–water partition coefficient (Wildman–Crippen LogP) is 3.10. The van der Waals surface area contributed by atoms with Gasteiger partial charge in [0.05, 0.1) is 0 Å². The van der Waals surface area contributed by atoms with Crippen molar-refractivity contribution in [2.75, 3.05) is 0 Å². The van der Waals surface area contributed by atoms with Gasteiger partial charge in [0, 0.05) is 10.6 Å². The van der Waals surface area contributed by atoms with Crippen molar-refractivity contribution in [3.8, 4) is 0 Å². The molecule has 0 spiro atoms. The molecule has 1 aromatic carbocycles. The van der Waals surface area contributed by atoms with Crippen LogP contribution in [-0.2, 0) is 4.79 Å². The fourth-order valence-electron chi connectivity index (χ4n) is 2.70. The Morgan fingerprint density at radius 3 is 2.55 bits per heavy atom. The summed E-state index contributed by atoms with van der Waals surface area (Å²) < 4.78 is 0. The van der Waals surface area contributed by atoms with Crippen LogP contribution in [0.5, 0.6) is 0 Å². The lowest BCUT2D eigenvalue weighted by Crippen LogP contribution is -2.46. The lowest BCUT2D eigenvalue weighted by atomic mass is 9.84. The van der Waals surface area contributed by atoms with Gasteiger partial charge in [-0.2, -0.15) is 0 Å². The Bertz CT molecular complexity index is 498. The minimum absolute atomic E-state index is 0.0179. The highest BCUT2D eigenvalue weighted by Gasteiger charge is 2.30. The minimum Gasteiger partial charge on any atom is -0.480 e. The van der Waals surface area contributed by atoms with E-state index in [0.29, 0.717) is 10.6 Å². The summed E-state index contributed by atoms with van der Waals surface area (Å²) in [5, 5.41) is 12.4. The number of carbonyl (C=O) groups is 2. The topological polar surface area (TPSA) is 66.4 Å². The molecule has 4 nitrogen and oxygen atoms in total. The highest BCUT2D eigenvalue weighted by molar-refractivity contribution is 6.30. The van der Waals surface area contributed by atoms with E-state index in [0.717, 1.165) is 32.1 Å². The van der Waals surface area contributed by atoms with E-state index in [1.54, 1.807) is 18.2 Å². The van der Waals surface area contributed by atoms with Crippen molar-refractivity contribution in [1.82, 2.24) is 5.32 Å². The van der Waals surface area contributed by atoms with E-state index in [2.05, 4.69) is 5.32 Å². The second-order valence-corrected chi connectivity index (χ2v) is 5.63. The van der Waals surface area contributed by atoms with E-state index in [1.165, 1.54) is 6.07 Å². The second kappa shape index (κ2) is 6.75. The third kappa shape index (κ3) is 3.73. The van der Waals surface area contributed by atoms with E-state index in [9.17, 15) is 14.7 Å². The molecule has 0 radical (unpaired) electrons. The van der Waals surface area contributed by atoms with Crippen molar-refractivity contribution < 1.29 is 14.7 Å². The maximum absolute atomic E-state index is 12.1. The fraction of sp³-hybridized carbons (Fsp3) is 0.467. The average Bonchev–Trinajstić information content (AvgIpc) is 2.45. The number of benzene rings is 1. The molecule has 1 saturated carbocycles. The number of nitrogens with one attached hydrogen (secondary N) is 1. The summed E-state index contributed by atoms with van der Waals surface area (Å²) in [5.74, 6) is -1.33. The molecular weight excluding hydrogens is 278 g/mol. The molecule has 2 N–H and O–H groups in total. The molecule has 1 amide bonds. The van der Waals surface area contributed by atoms with Crippen molar-refractivity contribution in [1.29, 1.82) is 0 Å². The van der Waals surface area contributed by atoms with Crippen LogP contribution >= 0.6 is 11.6 Å². The molecule has 0 bridgehead atoms. The zero-order valence-corrected chi connectivity index (χ0v) is 11.9. The standard InChI is InChI=1S/C15H18ClNO3/c16-12-8-4-7-11(9-12)14(18)17-13(15(19)20)10-5-2-1-3-6-10/h4,7-10,13H,1-3,5-6H2,(H,17,18)(H,19,20). The van der Waals surface area contributed by atoms with Crippen LogP contribution in [0, 0.1) is 5.92 Å². The molecule has 0 saturated heterocycles. The van der Waals surface area contributed by atoms with Gasteiger partial charge in [-0.05, 0) is 37.0 Å². The van der Waals surface area contributed by atoms with Gasteiger partial charge in [-0.1, -0.05) is 36.9 Å². The number of carboxylic acid groups (broad SMARTS) is 1.